The molecule has 0 saturated carbocycles. The van der Waals surface area contributed by atoms with Gasteiger partial charge in [-0.2, -0.15) is 5.10 Å². The van der Waals surface area contributed by atoms with Crippen LogP contribution in [0.25, 0.3) is 0 Å². The van der Waals surface area contributed by atoms with Gasteiger partial charge < -0.3 is 5.11 Å². The first-order chi connectivity index (χ1) is 11.1. The predicted octanol–water partition coefficient (Wildman–Crippen LogP) is 3.02. The van der Waals surface area contributed by atoms with Gasteiger partial charge in [-0.3, -0.25) is 4.79 Å². The number of nitrogens with one attached hydrogen (secondary N) is 1. The molecular weight excluding hydrogens is 312 g/mol. The van der Waals surface area contributed by atoms with Gasteiger partial charge in [-0.15, -0.1) is 11.8 Å². The number of carboxylic acid groups (broad SMARTS) is 1. The van der Waals surface area contributed by atoms with Gasteiger partial charge >= 0.3 is 5.97 Å². The third kappa shape index (κ3) is 4.96. The fraction of sp³-hybridized carbons (Fsp3) is 0.118. The number of hydrogen-bond donors (Lipinski definition) is 2. The van der Waals surface area contributed by atoms with Gasteiger partial charge in [-0.25, -0.2) is 10.2 Å². The molecule has 0 heterocycles. The summed E-state index contributed by atoms with van der Waals surface area (Å²) >= 11 is 1.43. The standard InChI is InChI=1S/C17H16N2O3S/c1-12(23-14-8-3-2-4-9-14)16(20)19-18-11-13-7-5-6-10-15(13)17(21)22/h2-12H,1H3,(H,19,20)(H,21,22)/b18-11-/t12-/m1/s1. The number of carboxylic acids is 1. The van der Waals surface area contributed by atoms with Crippen molar-refractivity contribution >= 4 is 29.9 Å². The number of carbonyl (C=O) groups is 2. The average Bonchev–Trinajstić information content (AvgIpc) is 2.56. The monoisotopic (exact) mass is 328 g/mol. The number of benzene rings is 2. The Labute approximate surface area is 138 Å². The maximum atomic E-state index is 12.0. The van der Waals surface area contributed by atoms with Gasteiger partial charge in [-0.05, 0) is 25.1 Å². The molecule has 0 fully saturated rings. The first kappa shape index (κ1) is 16.8. The van der Waals surface area contributed by atoms with E-state index in [1.54, 1.807) is 25.1 Å². The van der Waals surface area contributed by atoms with Crippen LogP contribution in [0.15, 0.2) is 64.6 Å². The fourth-order valence-electron chi connectivity index (χ4n) is 1.82. The summed E-state index contributed by atoms with van der Waals surface area (Å²) in [4.78, 5) is 24.1. The zero-order valence-electron chi connectivity index (χ0n) is 12.5. The smallest absolute Gasteiger partial charge is 0.336 e. The van der Waals surface area contributed by atoms with E-state index in [4.69, 9.17) is 5.11 Å². The summed E-state index contributed by atoms with van der Waals surface area (Å²) < 4.78 is 0. The first-order valence-electron chi connectivity index (χ1n) is 6.95. The van der Waals surface area contributed by atoms with Gasteiger partial charge in [0, 0.05) is 10.5 Å². The molecule has 23 heavy (non-hydrogen) atoms. The third-order valence-electron chi connectivity index (χ3n) is 2.99. The van der Waals surface area contributed by atoms with Gasteiger partial charge in [0.15, 0.2) is 0 Å². The maximum absolute atomic E-state index is 12.0. The molecule has 118 valence electrons. The third-order valence-corrected chi connectivity index (χ3v) is 4.11. The lowest BCUT2D eigenvalue weighted by molar-refractivity contribution is -0.120. The Morgan fingerprint density at radius 1 is 1.13 bits per heavy atom. The molecule has 2 aromatic rings. The number of amides is 1. The lowest BCUT2D eigenvalue weighted by Crippen LogP contribution is -2.26. The summed E-state index contributed by atoms with van der Waals surface area (Å²) in [6.45, 7) is 1.79. The van der Waals surface area contributed by atoms with Crippen molar-refractivity contribution in [3.63, 3.8) is 0 Å². The Bertz CT molecular complexity index is 717. The van der Waals surface area contributed by atoms with Crippen molar-refractivity contribution in [1.82, 2.24) is 5.43 Å². The summed E-state index contributed by atoms with van der Waals surface area (Å²) in [5.41, 5.74) is 3.00. The fourth-order valence-corrected chi connectivity index (χ4v) is 2.70. The highest BCUT2D eigenvalue weighted by Crippen LogP contribution is 2.22. The number of hydrogen-bond acceptors (Lipinski definition) is 4. The van der Waals surface area contributed by atoms with Crippen LogP contribution in [0, 0.1) is 0 Å². The van der Waals surface area contributed by atoms with Crippen molar-refractivity contribution in [2.75, 3.05) is 0 Å². The number of carbonyl (C=O) groups excluding carboxylic acids is 1. The van der Waals surface area contributed by atoms with Gasteiger partial charge in [0.1, 0.15) is 0 Å². The van der Waals surface area contributed by atoms with Gasteiger partial charge in [0.05, 0.1) is 17.0 Å². The van der Waals surface area contributed by atoms with E-state index in [0.29, 0.717) is 5.56 Å². The van der Waals surface area contributed by atoms with E-state index in [1.165, 1.54) is 24.0 Å². The van der Waals surface area contributed by atoms with Crippen LogP contribution in [-0.4, -0.2) is 28.4 Å². The Kier molecular flexibility index (Phi) is 5.94. The van der Waals surface area contributed by atoms with Crippen LogP contribution in [0.5, 0.6) is 0 Å². The molecule has 0 spiro atoms. The largest absolute Gasteiger partial charge is 0.478 e. The van der Waals surface area contributed by atoms with Crippen LogP contribution in [0.4, 0.5) is 0 Å². The van der Waals surface area contributed by atoms with Crippen LogP contribution >= 0.6 is 11.8 Å². The quantitative estimate of drug-likeness (QED) is 0.485. The van der Waals surface area contributed by atoms with Crippen molar-refractivity contribution in [1.29, 1.82) is 0 Å². The Morgan fingerprint density at radius 2 is 1.78 bits per heavy atom. The summed E-state index contributed by atoms with van der Waals surface area (Å²) in [6.07, 6.45) is 1.33. The zero-order valence-corrected chi connectivity index (χ0v) is 13.3. The molecule has 0 aliphatic heterocycles. The molecule has 1 atom stereocenters. The van der Waals surface area contributed by atoms with Crippen LogP contribution < -0.4 is 5.43 Å². The normalized spacial score (nSPS) is 12.0. The number of aromatic carboxylic acids is 1. The number of hydrazone groups is 1. The molecule has 0 saturated heterocycles. The highest BCUT2D eigenvalue weighted by Gasteiger charge is 2.13. The molecule has 0 bridgehead atoms. The Hall–Kier alpha value is -2.60. The molecule has 6 heteroatoms. The molecule has 1 amide bonds. The van der Waals surface area contributed by atoms with Crippen molar-refractivity contribution in [3.8, 4) is 0 Å². The summed E-state index contributed by atoms with van der Waals surface area (Å²) in [7, 11) is 0. The van der Waals surface area contributed by atoms with E-state index in [2.05, 4.69) is 10.5 Å². The van der Waals surface area contributed by atoms with E-state index in [0.717, 1.165) is 4.90 Å². The van der Waals surface area contributed by atoms with Gasteiger partial charge in [0.25, 0.3) is 5.91 Å². The SMILES string of the molecule is C[C@@H](Sc1ccccc1)C(=O)N/N=C\c1ccccc1C(=O)O. The molecule has 2 N–H and O–H groups in total. The maximum Gasteiger partial charge on any atom is 0.336 e. The van der Waals surface area contributed by atoms with Crippen molar-refractivity contribution in [3.05, 3.63) is 65.7 Å². The molecule has 0 aromatic heterocycles. The minimum atomic E-state index is -1.04. The molecular formula is C17H16N2O3S. The van der Waals surface area contributed by atoms with Crippen LogP contribution in [0.2, 0.25) is 0 Å². The Balaban J connectivity index is 1.95. The first-order valence-corrected chi connectivity index (χ1v) is 7.83. The second-order valence-corrected chi connectivity index (χ2v) is 6.11. The minimum absolute atomic E-state index is 0.136. The van der Waals surface area contributed by atoms with E-state index in [1.807, 2.05) is 30.3 Å². The molecule has 2 aromatic carbocycles. The lowest BCUT2D eigenvalue weighted by atomic mass is 10.1. The molecule has 0 unspecified atom stereocenters. The second kappa shape index (κ2) is 8.14. The minimum Gasteiger partial charge on any atom is -0.478 e. The van der Waals surface area contributed by atoms with Crippen molar-refractivity contribution in [2.45, 2.75) is 17.1 Å². The van der Waals surface area contributed by atoms with E-state index in [-0.39, 0.29) is 16.7 Å². The molecule has 2 rings (SSSR count). The van der Waals surface area contributed by atoms with Crippen molar-refractivity contribution in [2.24, 2.45) is 5.10 Å². The van der Waals surface area contributed by atoms with Crippen LogP contribution in [0.1, 0.15) is 22.8 Å². The van der Waals surface area contributed by atoms with E-state index in [9.17, 15) is 9.59 Å². The van der Waals surface area contributed by atoms with Crippen LogP contribution in [0.3, 0.4) is 0 Å². The predicted molar refractivity (Wildman–Crippen MR) is 90.9 cm³/mol. The molecule has 5 nitrogen and oxygen atoms in total. The highest BCUT2D eigenvalue weighted by atomic mass is 32.2. The molecule has 0 radical (unpaired) electrons. The van der Waals surface area contributed by atoms with Crippen molar-refractivity contribution < 1.29 is 14.7 Å². The zero-order chi connectivity index (χ0) is 16.7. The summed E-state index contributed by atoms with van der Waals surface area (Å²) in [6, 6.07) is 16.1. The lowest BCUT2D eigenvalue weighted by Gasteiger charge is -2.09. The molecule has 0 aliphatic carbocycles. The van der Waals surface area contributed by atoms with E-state index >= 15 is 0 Å². The number of rotatable bonds is 6. The van der Waals surface area contributed by atoms with Gasteiger partial charge in [-0.1, -0.05) is 36.4 Å². The summed E-state index contributed by atoms with van der Waals surface area (Å²) in [5.74, 6) is -1.28. The van der Waals surface area contributed by atoms with Gasteiger partial charge in [0.2, 0.25) is 0 Å². The van der Waals surface area contributed by atoms with E-state index < -0.39 is 5.97 Å². The molecule has 0 aliphatic rings. The average molecular weight is 328 g/mol. The number of thioether (sulfide) groups is 1. The Morgan fingerprint density at radius 3 is 2.48 bits per heavy atom. The topological polar surface area (TPSA) is 78.8 Å². The number of nitrogens with zero attached hydrogens (tertiary/aromatic N) is 1. The highest BCUT2D eigenvalue weighted by molar-refractivity contribution is 8.00. The summed E-state index contributed by atoms with van der Waals surface area (Å²) in [5, 5.41) is 12.6. The second-order valence-electron chi connectivity index (χ2n) is 4.70. The van der Waals surface area contributed by atoms with Crippen LogP contribution in [-0.2, 0) is 4.79 Å².